The van der Waals surface area contributed by atoms with E-state index in [-0.39, 0.29) is 0 Å². The molecule has 2 aromatic rings. The van der Waals surface area contributed by atoms with Crippen LogP contribution < -0.4 is 16.6 Å². The number of nitrogens with one attached hydrogen (secondary N) is 2. The van der Waals surface area contributed by atoms with Gasteiger partial charge in [0.25, 0.3) is 0 Å². The molecule has 1 fully saturated rings. The Balaban J connectivity index is 1.89. The first-order chi connectivity index (χ1) is 10.2. The van der Waals surface area contributed by atoms with Crippen molar-refractivity contribution < 1.29 is 0 Å². The highest BCUT2D eigenvalue weighted by Gasteiger charge is 2.23. The van der Waals surface area contributed by atoms with Gasteiger partial charge in [-0.2, -0.15) is 4.98 Å². The summed E-state index contributed by atoms with van der Waals surface area (Å²) in [6.07, 6.45) is 2.23. The molecular formula is C15H22N6. The van der Waals surface area contributed by atoms with Gasteiger partial charge >= 0.3 is 0 Å². The van der Waals surface area contributed by atoms with Crippen LogP contribution in [0.3, 0.4) is 0 Å². The third kappa shape index (κ3) is 2.91. The molecule has 1 aliphatic heterocycles. The largest absolute Gasteiger partial charge is 0.367 e. The number of hydrazine groups is 1. The van der Waals surface area contributed by atoms with E-state index in [1.807, 2.05) is 24.3 Å². The molecule has 4 N–H and O–H groups in total. The number of nitrogens with two attached hydrogens (primary N) is 1. The summed E-state index contributed by atoms with van der Waals surface area (Å²) in [6.45, 7) is 3.36. The summed E-state index contributed by atoms with van der Waals surface area (Å²) in [6, 6.07) is 8.99. The van der Waals surface area contributed by atoms with E-state index in [4.69, 9.17) is 5.84 Å². The van der Waals surface area contributed by atoms with Gasteiger partial charge in [0.15, 0.2) is 0 Å². The third-order valence-corrected chi connectivity index (χ3v) is 4.28. The third-order valence-electron chi connectivity index (χ3n) is 4.28. The second-order valence-corrected chi connectivity index (χ2v) is 5.75. The molecule has 0 radical (unpaired) electrons. The molecule has 0 bridgehead atoms. The molecule has 1 aromatic heterocycles. The quantitative estimate of drug-likeness (QED) is 0.590. The van der Waals surface area contributed by atoms with Crippen molar-refractivity contribution in [3.05, 3.63) is 24.3 Å². The van der Waals surface area contributed by atoms with E-state index in [2.05, 4.69) is 39.6 Å². The molecule has 6 nitrogen and oxygen atoms in total. The lowest BCUT2D eigenvalue weighted by atomic mass is 9.99. The molecular weight excluding hydrogens is 264 g/mol. The SMILES string of the molecule is CC1CC(Nc2nc(NN)nc3ccccc23)CCN1C. The van der Waals surface area contributed by atoms with Crippen LogP contribution in [-0.2, 0) is 0 Å². The Bertz CT molecular complexity index is 629. The smallest absolute Gasteiger partial charge is 0.239 e. The molecule has 21 heavy (non-hydrogen) atoms. The van der Waals surface area contributed by atoms with Gasteiger partial charge in [-0.3, -0.25) is 5.43 Å². The Morgan fingerprint density at radius 2 is 2.10 bits per heavy atom. The molecule has 0 amide bonds. The highest BCUT2D eigenvalue weighted by atomic mass is 15.3. The zero-order valence-electron chi connectivity index (χ0n) is 12.5. The van der Waals surface area contributed by atoms with Crippen LogP contribution in [-0.4, -0.2) is 40.5 Å². The zero-order valence-corrected chi connectivity index (χ0v) is 12.5. The van der Waals surface area contributed by atoms with Gasteiger partial charge < -0.3 is 10.2 Å². The normalized spacial score (nSPS) is 23.2. The molecule has 0 saturated carbocycles. The molecule has 0 aliphatic carbocycles. The van der Waals surface area contributed by atoms with Crippen LogP contribution in [0.25, 0.3) is 10.9 Å². The molecule has 2 heterocycles. The summed E-state index contributed by atoms with van der Waals surface area (Å²) in [5.74, 6) is 6.77. The van der Waals surface area contributed by atoms with Crippen molar-refractivity contribution in [2.75, 3.05) is 24.3 Å². The fourth-order valence-electron chi connectivity index (χ4n) is 2.87. The Hall–Kier alpha value is -1.92. The molecule has 1 saturated heterocycles. The molecule has 2 atom stereocenters. The number of benzene rings is 1. The highest BCUT2D eigenvalue weighted by Crippen LogP contribution is 2.25. The maximum absolute atomic E-state index is 5.47. The highest BCUT2D eigenvalue weighted by molar-refractivity contribution is 5.90. The number of hydrogen-bond donors (Lipinski definition) is 3. The van der Waals surface area contributed by atoms with Gasteiger partial charge in [0, 0.05) is 24.0 Å². The van der Waals surface area contributed by atoms with E-state index in [9.17, 15) is 0 Å². The average Bonchev–Trinajstić information content (AvgIpc) is 2.51. The van der Waals surface area contributed by atoms with Gasteiger partial charge in [-0.15, -0.1) is 0 Å². The minimum atomic E-state index is 0.431. The predicted octanol–water partition coefficient (Wildman–Crippen LogP) is 1.81. The van der Waals surface area contributed by atoms with Crippen LogP contribution in [0.4, 0.5) is 11.8 Å². The molecule has 1 aromatic carbocycles. The number of nitrogen functional groups attached to an aromatic ring is 1. The summed E-state index contributed by atoms with van der Waals surface area (Å²) in [5, 5.41) is 4.61. The lowest BCUT2D eigenvalue weighted by Gasteiger charge is -2.35. The van der Waals surface area contributed by atoms with Gasteiger partial charge in [-0.1, -0.05) is 12.1 Å². The van der Waals surface area contributed by atoms with Gasteiger partial charge in [-0.25, -0.2) is 10.8 Å². The van der Waals surface area contributed by atoms with E-state index in [1.54, 1.807) is 0 Å². The van der Waals surface area contributed by atoms with Crippen molar-refractivity contribution in [3.8, 4) is 0 Å². The number of hydrogen-bond acceptors (Lipinski definition) is 6. The van der Waals surface area contributed by atoms with E-state index in [1.165, 1.54) is 0 Å². The summed E-state index contributed by atoms with van der Waals surface area (Å²) >= 11 is 0. The fraction of sp³-hybridized carbons (Fsp3) is 0.467. The Labute approximate surface area is 124 Å². The number of anilines is 2. The molecule has 112 valence electrons. The lowest BCUT2D eigenvalue weighted by molar-refractivity contribution is 0.190. The van der Waals surface area contributed by atoms with Gasteiger partial charge in [0.05, 0.1) is 5.52 Å². The van der Waals surface area contributed by atoms with E-state index in [0.29, 0.717) is 18.0 Å². The summed E-state index contributed by atoms with van der Waals surface area (Å²) in [5.41, 5.74) is 3.43. The van der Waals surface area contributed by atoms with Crippen molar-refractivity contribution in [3.63, 3.8) is 0 Å². The number of aromatic nitrogens is 2. The standard InChI is InChI=1S/C15H22N6/c1-10-9-11(7-8-21(10)2)17-14-12-5-3-4-6-13(12)18-15(19-14)20-16/h3-6,10-11H,7-9,16H2,1-2H3,(H2,17,18,19,20). The van der Waals surface area contributed by atoms with Crippen LogP contribution >= 0.6 is 0 Å². The topological polar surface area (TPSA) is 79.1 Å². The Kier molecular flexibility index (Phi) is 3.90. The second kappa shape index (κ2) is 5.83. The molecule has 3 rings (SSSR count). The first-order valence-electron chi connectivity index (χ1n) is 7.37. The summed E-state index contributed by atoms with van der Waals surface area (Å²) in [7, 11) is 2.18. The maximum atomic E-state index is 5.47. The van der Waals surface area contributed by atoms with E-state index < -0.39 is 0 Å². The number of fused-ring (bicyclic) bond motifs is 1. The monoisotopic (exact) mass is 286 g/mol. The number of likely N-dealkylation sites (tertiary alicyclic amines) is 1. The lowest BCUT2D eigenvalue weighted by Crippen LogP contribution is -2.42. The van der Waals surface area contributed by atoms with Crippen LogP contribution in [0.2, 0.25) is 0 Å². The number of para-hydroxylation sites is 1. The first kappa shape index (κ1) is 14.0. The number of nitrogens with zero attached hydrogens (tertiary/aromatic N) is 3. The second-order valence-electron chi connectivity index (χ2n) is 5.75. The first-order valence-corrected chi connectivity index (χ1v) is 7.37. The van der Waals surface area contributed by atoms with Gasteiger partial charge in [0.1, 0.15) is 5.82 Å². The molecule has 1 aliphatic rings. The summed E-state index contributed by atoms with van der Waals surface area (Å²) in [4.78, 5) is 11.3. The van der Waals surface area contributed by atoms with Crippen molar-refractivity contribution in [2.45, 2.75) is 31.8 Å². The minimum Gasteiger partial charge on any atom is -0.367 e. The van der Waals surface area contributed by atoms with Gasteiger partial charge in [0.2, 0.25) is 5.95 Å². The Morgan fingerprint density at radius 3 is 2.86 bits per heavy atom. The molecule has 6 heteroatoms. The average molecular weight is 286 g/mol. The Morgan fingerprint density at radius 1 is 1.29 bits per heavy atom. The van der Waals surface area contributed by atoms with Crippen LogP contribution in [0.15, 0.2) is 24.3 Å². The number of rotatable bonds is 3. The van der Waals surface area contributed by atoms with Crippen molar-refractivity contribution in [1.82, 2.24) is 14.9 Å². The van der Waals surface area contributed by atoms with Crippen molar-refractivity contribution in [2.24, 2.45) is 5.84 Å². The van der Waals surface area contributed by atoms with E-state index in [0.717, 1.165) is 36.1 Å². The van der Waals surface area contributed by atoms with Gasteiger partial charge in [-0.05, 0) is 38.9 Å². The number of piperidine rings is 1. The van der Waals surface area contributed by atoms with Crippen molar-refractivity contribution >= 4 is 22.7 Å². The van der Waals surface area contributed by atoms with Crippen LogP contribution in [0.1, 0.15) is 19.8 Å². The fourth-order valence-corrected chi connectivity index (χ4v) is 2.87. The minimum absolute atomic E-state index is 0.431. The predicted molar refractivity (Wildman–Crippen MR) is 86.1 cm³/mol. The van der Waals surface area contributed by atoms with Crippen molar-refractivity contribution in [1.29, 1.82) is 0 Å². The van der Waals surface area contributed by atoms with Crippen LogP contribution in [0.5, 0.6) is 0 Å². The van der Waals surface area contributed by atoms with E-state index >= 15 is 0 Å². The van der Waals surface area contributed by atoms with Crippen LogP contribution in [0, 0.1) is 0 Å². The zero-order chi connectivity index (χ0) is 14.8. The summed E-state index contributed by atoms with van der Waals surface area (Å²) < 4.78 is 0. The molecule has 0 spiro atoms. The maximum Gasteiger partial charge on any atom is 0.239 e. The molecule has 2 unspecified atom stereocenters.